The lowest BCUT2D eigenvalue weighted by molar-refractivity contribution is -0.135. The summed E-state index contributed by atoms with van der Waals surface area (Å²) in [5.41, 5.74) is 0.353. The van der Waals surface area contributed by atoms with Gasteiger partial charge in [0, 0.05) is 12.2 Å². The van der Waals surface area contributed by atoms with E-state index >= 15 is 0 Å². The van der Waals surface area contributed by atoms with Crippen molar-refractivity contribution in [1.29, 1.82) is 5.26 Å². The highest BCUT2D eigenvalue weighted by molar-refractivity contribution is 7.91. The predicted octanol–water partition coefficient (Wildman–Crippen LogP) is 0.0314. The Labute approximate surface area is 116 Å². The Morgan fingerprint density at radius 1 is 1.60 bits per heavy atom. The largest absolute Gasteiger partial charge is 0.480 e. The molecule has 8 heteroatoms. The zero-order valence-corrected chi connectivity index (χ0v) is 11.4. The number of carboxylic acids is 1. The van der Waals surface area contributed by atoms with E-state index in [9.17, 15) is 13.2 Å². The fourth-order valence-electron chi connectivity index (χ4n) is 2.21. The van der Waals surface area contributed by atoms with Crippen LogP contribution in [0, 0.1) is 11.3 Å². The minimum absolute atomic E-state index is 0.0473. The molecule has 1 fully saturated rings. The average Bonchev–Trinajstić information content (AvgIpc) is 2.76. The first-order valence-electron chi connectivity index (χ1n) is 5.96. The molecule has 0 aromatic carbocycles. The van der Waals surface area contributed by atoms with Gasteiger partial charge in [-0.3, -0.25) is 4.79 Å². The van der Waals surface area contributed by atoms with Crippen LogP contribution in [0.15, 0.2) is 18.3 Å². The van der Waals surface area contributed by atoms with E-state index in [1.54, 1.807) is 0 Å². The molecule has 1 atom stereocenters. The summed E-state index contributed by atoms with van der Waals surface area (Å²) >= 11 is 0. The van der Waals surface area contributed by atoms with E-state index in [1.807, 2.05) is 6.07 Å². The van der Waals surface area contributed by atoms with Crippen molar-refractivity contribution >= 4 is 21.6 Å². The molecular formula is C12H13N3O4S. The summed E-state index contributed by atoms with van der Waals surface area (Å²) in [6, 6.07) is 4.51. The highest BCUT2D eigenvalue weighted by Gasteiger charge is 2.33. The van der Waals surface area contributed by atoms with Gasteiger partial charge < -0.3 is 10.0 Å². The molecule has 0 bridgehead atoms. The highest BCUT2D eigenvalue weighted by Crippen LogP contribution is 2.23. The molecule has 1 aromatic heterocycles. The van der Waals surface area contributed by atoms with Crippen LogP contribution in [0.4, 0.5) is 5.82 Å². The van der Waals surface area contributed by atoms with Gasteiger partial charge in [-0.25, -0.2) is 13.4 Å². The molecule has 2 heterocycles. The second-order valence-electron chi connectivity index (χ2n) is 4.59. The van der Waals surface area contributed by atoms with Crippen LogP contribution < -0.4 is 4.90 Å². The molecule has 1 unspecified atom stereocenters. The van der Waals surface area contributed by atoms with Crippen molar-refractivity contribution in [3.8, 4) is 6.07 Å². The van der Waals surface area contributed by atoms with Gasteiger partial charge in [-0.2, -0.15) is 5.26 Å². The lowest BCUT2D eigenvalue weighted by atomic mass is 10.2. The van der Waals surface area contributed by atoms with Crippen molar-refractivity contribution in [2.45, 2.75) is 12.5 Å². The smallest absolute Gasteiger partial charge is 0.323 e. The van der Waals surface area contributed by atoms with Gasteiger partial charge in [0.25, 0.3) is 0 Å². The van der Waals surface area contributed by atoms with E-state index in [0.29, 0.717) is 17.8 Å². The van der Waals surface area contributed by atoms with E-state index in [2.05, 4.69) is 4.98 Å². The maximum absolute atomic E-state index is 11.5. The van der Waals surface area contributed by atoms with Crippen LogP contribution in [0.3, 0.4) is 0 Å². The van der Waals surface area contributed by atoms with Crippen molar-refractivity contribution in [2.24, 2.45) is 0 Å². The third kappa shape index (κ3) is 3.24. The number of pyridine rings is 1. The van der Waals surface area contributed by atoms with Gasteiger partial charge in [0.2, 0.25) is 0 Å². The van der Waals surface area contributed by atoms with Crippen molar-refractivity contribution in [3.05, 3.63) is 23.9 Å². The minimum Gasteiger partial charge on any atom is -0.480 e. The van der Waals surface area contributed by atoms with E-state index in [-0.39, 0.29) is 18.1 Å². The number of nitriles is 1. The molecule has 1 aliphatic heterocycles. The maximum Gasteiger partial charge on any atom is 0.323 e. The lowest BCUT2D eigenvalue weighted by Crippen LogP contribution is -2.40. The first kappa shape index (κ1) is 14.3. The average molecular weight is 295 g/mol. The first-order valence-corrected chi connectivity index (χ1v) is 7.78. The van der Waals surface area contributed by atoms with Crippen LogP contribution >= 0.6 is 0 Å². The molecule has 0 aliphatic carbocycles. The summed E-state index contributed by atoms with van der Waals surface area (Å²) in [5, 5.41) is 17.8. The number of nitrogens with zero attached hydrogens (tertiary/aromatic N) is 3. The lowest BCUT2D eigenvalue weighted by Gasteiger charge is -2.27. The third-order valence-corrected chi connectivity index (χ3v) is 4.87. The van der Waals surface area contributed by atoms with E-state index in [0.717, 1.165) is 0 Å². The topological polar surface area (TPSA) is 111 Å². The van der Waals surface area contributed by atoms with Crippen molar-refractivity contribution in [2.75, 3.05) is 23.0 Å². The number of sulfone groups is 1. The molecule has 1 saturated heterocycles. The maximum atomic E-state index is 11.5. The van der Waals surface area contributed by atoms with Gasteiger partial charge in [0.05, 0.1) is 23.1 Å². The number of anilines is 1. The fraction of sp³-hybridized carbons (Fsp3) is 0.417. The molecule has 7 nitrogen and oxygen atoms in total. The van der Waals surface area contributed by atoms with Gasteiger partial charge in [-0.15, -0.1) is 0 Å². The molecule has 0 radical (unpaired) electrons. The van der Waals surface area contributed by atoms with E-state index in [4.69, 9.17) is 10.4 Å². The van der Waals surface area contributed by atoms with Gasteiger partial charge in [-0.1, -0.05) is 0 Å². The summed E-state index contributed by atoms with van der Waals surface area (Å²) in [5.74, 6) is -0.795. The first-order chi connectivity index (χ1) is 9.41. The molecule has 1 aromatic rings. The molecular weight excluding hydrogens is 282 g/mol. The van der Waals surface area contributed by atoms with Crippen LogP contribution in [0.2, 0.25) is 0 Å². The Bertz CT molecular complexity index is 666. The van der Waals surface area contributed by atoms with Crippen LogP contribution in [0.25, 0.3) is 0 Å². The molecule has 1 N–H and O–H groups in total. The quantitative estimate of drug-likeness (QED) is 0.834. The number of carbonyl (C=O) groups is 1. The normalized spacial score (nSPS) is 20.2. The summed E-state index contributed by atoms with van der Waals surface area (Å²) in [4.78, 5) is 16.5. The van der Waals surface area contributed by atoms with E-state index in [1.165, 1.54) is 23.2 Å². The van der Waals surface area contributed by atoms with Crippen LogP contribution in [0.5, 0.6) is 0 Å². The molecule has 0 spiro atoms. The number of carboxylic acid groups (broad SMARTS) is 1. The van der Waals surface area contributed by atoms with E-state index < -0.39 is 21.8 Å². The summed E-state index contributed by atoms with van der Waals surface area (Å²) in [7, 11) is -3.13. The Morgan fingerprint density at radius 3 is 2.90 bits per heavy atom. The highest BCUT2D eigenvalue weighted by atomic mass is 32.2. The molecule has 106 valence electrons. The Morgan fingerprint density at radius 2 is 2.35 bits per heavy atom. The molecule has 1 aliphatic rings. The van der Waals surface area contributed by atoms with Gasteiger partial charge in [-0.05, 0) is 18.6 Å². The predicted molar refractivity (Wildman–Crippen MR) is 71.0 cm³/mol. The summed E-state index contributed by atoms with van der Waals surface area (Å²) in [6.07, 6.45) is 1.78. The van der Waals surface area contributed by atoms with Crippen molar-refractivity contribution in [1.82, 2.24) is 4.98 Å². The number of hydrogen-bond acceptors (Lipinski definition) is 6. The Hall–Kier alpha value is -2.14. The fourth-order valence-corrected chi connectivity index (χ4v) is 3.94. The SMILES string of the molecule is N#Cc1ccnc(N(CC(=O)O)C2CCS(=O)(=O)C2)c1. The summed E-state index contributed by atoms with van der Waals surface area (Å²) in [6.45, 7) is -0.345. The summed E-state index contributed by atoms with van der Waals surface area (Å²) < 4.78 is 23.1. The zero-order valence-electron chi connectivity index (χ0n) is 10.6. The molecule has 20 heavy (non-hydrogen) atoms. The van der Waals surface area contributed by atoms with Gasteiger partial charge in [0.15, 0.2) is 9.84 Å². The zero-order chi connectivity index (χ0) is 14.8. The monoisotopic (exact) mass is 295 g/mol. The van der Waals surface area contributed by atoms with Gasteiger partial charge in [0.1, 0.15) is 12.4 Å². The second kappa shape index (κ2) is 5.46. The Balaban J connectivity index is 2.32. The van der Waals surface area contributed by atoms with Crippen molar-refractivity contribution < 1.29 is 18.3 Å². The van der Waals surface area contributed by atoms with Crippen molar-refractivity contribution in [3.63, 3.8) is 0 Å². The second-order valence-corrected chi connectivity index (χ2v) is 6.82. The molecule has 2 rings (SSSR count). The van der Waals surface area contributed by atoms with Gasteiger partial charge >= 0.3 is 5.97 Å². The molecule has 0 saturated carbocycles. The number of aliphatic carboxylic acids is 1. The number of aromatic nitrogens is 1. The molecule has 0 amide bonds. The number of hydrogen-bond donors (Lipinski definition) is 1. The Kier molecular flexibility index (Phi) is 3.90. The van der Waals surface area contributed by atoms with Crippen LogP contribution in [0.1, 0.15) is 12.0 Å². The van der Waals surface area contributed by atoms with Crippen LogP contribution in [-0.4, -0.2) is 48.6 Å². The van der Waals surface area contributed by atoms with Crippen LogP contribution in [-0.2, 0) is 14.6 Å². The standard InChI is InChI=1S/C12H13N3O4S/c13-6-9-1-3-14-11(5-9)15(7-12(16)17)10-2-4-20(18,19)8-10/h1,3,5,10H,2,4,7-8H2,(H,16,17). The third-order valence-electron chi connectivity index (χ3n) is 3.12. The number of rotatable bonds is 4. The minimum atomic E-state index is -3.13.